The summed E-state index contributed by atoms with van der Waals surface area (Å²) in [6, 6.07) is 4.15. The molecule has 1 N–H and O–H groups in total. The van der Waals surface area contributed by atoms with Crippen molar-refractivity contribution in [2.24, 2.45) is 0 Å². The van der Waals surface area contributed by atoms with E-state index in [1.165, 1.54) is 5.56 Å². The minimum absolute atomic E-state index is 0.220. The van der Waals surface area contributed by atoms with E-state index in [4.69, 9.17) is 4.74 Å². The molecule has 0 amide bonds. The lowest BCUT2D eigenvalue weighted by atomic mass is 10.2. The number of hydrogen-bond acceptors (Lipinski definition) is 5. The van der Waals surface area contributed by atoms with E-state index in [-0.39, 0.29) is 6.10 Å². The van der Waals surface area contributed by atoms with Gasteiger partial charge in [-0.15, -0.1) is 0 Å². The fourth-order valence-corrected chi connectivity index (χ4v) is 2.44. The fourth-order valence-electron chi connectivity index (χ4n) is 2.44. The molecule has 2 aromatic heterocycles. The number of aryl methyl sites for hydroxylation is 1. The third kappa shape index (κ3) is 2.54. The molecule has 6 nitrogen and oxygen atoms in total. The first-order valence-electron chi connectivity index (χ1n) is 6.58. The standard InChI is InChI=1S/C13H19N5O/c1-10-5-12-15-9-16-18(12)13(6-10)17(2)8-11-7-14-3-4-19-11/h5-6,9,11,14H,3-4,7-8H2,1-2H3. The second kappa shape index (κ2) is 5.14. The van der Waals surface area contributed by atoms with Crippen LogP contribution in [0.4, 0.5) is 5.82 Å². The van der Waals surface area contributed by atoms with Crippen LogP contribution >= 0.6 is 0 Å². The molecule has 1 aliphatic heterocycles. The Labute approximate surface area is 112 Å². The molecule has 1 saturated heterocycles. The van der Waals surface area contributed by atoms with Crippen molar-refractivity contribution in [3.05, 3.63) is 24.0 Å². The lowest BCUT2D eigenvalue weighted by Gasteiger charge is -2.29. The molecule has 1 fully saturated rings. The van der Waals surface area contributed by atoms with E-state index >= 15 is 0 Å². The number of hydrogen-bond donors (Lipinski definition) is 1. The van der Waals surface area contributed by atoms with Crippen molar-refractivity contribution in [3.8, 4) is 0 Å². The minimum atomic E-state index is 0.220. The molecule has 1 atom stereocenters. The normalized spacial score (nSPS) is 19.8. The van der Waals surface area contributed by atoms with Crippen LogP contribution in [0.15, 0.2) is 18.5 Å². The molecule has 3 heterocycles. The van der Waals surface area contributed by atoms with Gasteiger partial charge in [0.15, 0.2) is 5.65 Å². The molecule has 0 saturated carbocycles. The first kappa shape index (κ1) is 12.4. The molecule has 102 valence electrons. The highest BCUT2D eigenvalue weighted by Crippen LogP contribution is 2.17. The van der Waals surface area contributed by atoms with Gasteiger partial charge in [0.25, 0.3) is 0 Å². The maximum Gasteiger partial charge on any atom is 0.157 e. The molecule has 1 aliphatic rings. The largest absolute Gasteiger partial charge is 0.374 e. The highest BCUT2D eigenvalue weighted by molar-refractivity contribution is 5.52. The second-order valence-electron chi connectivity index (χ2n) is 5.00. The summed E-state index contributed by atoms with van der Waals surface area (Å²) in [5, 5.41) is 7.63. The monoisotopic (exact) mass is 261 g/mol. The van der Waals surface area contributed by atoms with Gasteiger partial charge in [-0.25, -0.2) is 4.98 Å². The molecule has 2 aromatic rings. The second-order valence-corrected chi connectivity index (χ2v) is 5.00. The van der Waals surface area contributed by atoms with Gasteiger partial charge in [-0.3, -0.25) is 0 Å². The number of pyridine rings is 1. The number of rotatable bonds is 3. The van der Waals surface area contributed by atoms with Gasteiger partial charge >= 0.3 is 0 Å². The number of nitrogens with one attached hydrogen (secondary N) is 1. The van der Waals surface area contributed by atoms with Crippen molar-refractivity contribution in [3.63, 3.8) is 0 Å². The average molecular weight is 261 g/mol. The molecule has 3 rings (SSSR count). The van der Waals surface area contributed by atoms with E-state index in [1.807, 2.05) is 10.6 Å². The van der Waals surface area contributed by atoms with Crippen LogP contribution < -0.4 is 10.2 Å². The number of nitrogens with zero attached hydrogens (tertiary/aromatic N) is 4. The van der Waals surface area contributed by atoms with Gasteiger partial charge in [0.05, 0.1) is 12.7 Å². The quantitative estimate of drug-likeness (QED) is 0.870. The van der Waals surface area contributed by atoms with Crippen LogP contribution in [-0.4, -0.2) is 54.0 Å². The number of fused-ring (bicyclic) bond motifs is 1. The Morgan fingerprint density at radius 2 is 2.42 bits per heavy atom. The molecule has 19 heavy (non-hydrogen) atoms. The van der Waals surface area contributed by atoms with Crippen LogP contribution in [0.3, 0.4) is 0 Å². The van der Waals surface area contributed by atoms with Crippen LogP contribution in [0.25, 0.3) is 5.65 Å². The van der Waals surface area contributed by atoms with Crippen LogP contribution in [0.2, 0.25) is 0 Å². The van der Waals surface area contributed by atoms with Crippen molar-refractivity contribution in [1.82, 2.24) is 19.9 Å². The summed E-state index contributed by atoms with van der Waals surface area (Å²) in [6.45, 7) is 5.54. The molecule has 0 aromatic carbocycles. The van der Waals surface area contributed by atoms with E-state index in [9.17, 15) is 0 Å². The summed E-state index contributed by atoms with van der Waals surface area (Å²) in [6.07, 6.45) is 1.81. The van der Waals surface area contributed by atoms with Crippen molar-refractivity contribution in [2.45, 2.75) is 13.0 Å². The van der Waals surface area contributed by atoms with Gasteiger partial charge in [0.2, 0.25) is 0 Å². The SMILES string of the molecule is Cc1cc(N(C)CC2CNCCO2)n2ncnc2c1. The zero-order chi connectivity index (χ0) is 13.2. The van der Waals surface area contributed by atoms with Crippen LogP contribution in [0.1, 0.15) is 5.56 Å². The summed E-state index contributed by atoms with van der Waals surface area (Å²) in [7, 11) is 2.06. The van der Waals surface area contributed by atoms with E-state index < -0.39 is 0 Å². The summed E-state index contributed by atoms with van der Waals surface area (Å²) < 4.78 is 7.61. The highest BCUT2D eigenvalue weighted by Gasteiger charge is 2.17. The van der Waals surface area contributed by atoms with Gasteiger partial charge in [-0.05, 0) is 24.6 Å². The van der Waals surface area contributed by atoms with Crippen molar-refractivity contribution in [2.75, 3.05) is 38.2 Å². The molecule has 0 aliphatic carbocycles. The Balaban J connectivity index is 1.83. The maximum absolute atomic E-state index is 5.74. The number of anilines is 1. The zero-order valence-corrected chi connectivity index (χ0v) is 11.3. The Morgan fingerprint density at radius 1 is 1.53 bits per heavy atom. The Morgan fingerprint density at radius 3 is 3.21 bits per heavy atom. The lowest BCUT2D eigenvalue weighted by molar-refractivity contribution is 0.0339. The average Bonchev–Trinajstić information content (AvgIpc) is 2.86. The van der Waals surface area contributed by atoms with Crippen LogP contribution in [0, 0.1) is 6.92 Å². The minimum Gasteiger partial charge on any atom is -0.374 e. The third-order valence-corrected chi connectivity index (χ3v) is 3.38. The van der Waals surface area contributed by atoms with Crippen LogP contribution in [-0.2, 0) is 4.74 Å². The van der Waals surface area contributed by atoms with Crippen molar-refractivity contribution < 1.29 is 4.74 Å². The Kier molecular flexibility index (Phi) is 3.35. The van der Waals surface area contributed by atoms with E-state index in [0.29, 0.717) is 0 Å². The van der Waals surface area contributed by atoms with Crippen LogP contribution in [0.5, 0.6) is 0 Å². The number of ether oxygens (including phenoxy) is 1. The topological polar surface area (TPSA) is 54.7 Å². The maximum atomic E-state index is 5.74. The molecule has 1 unspecified atom stereocenters. The van der Waals surface area contributed by atoms with Gasteiger partial charge in [-0.1, -0.05) is 0 Å². The Bertz CT molecular complexity index is 561. The predicted molar refractivity (Wildman–Crippen MR) is 73.6 cm³/mol. The van der Waals surface area contributed by atoms with E-state index in [2.05, 4.69) is 40.3 Å². The molecule has 0 bridgehead atoms. The van der Waals surface area contributed by atoms with Crippen molar-refractivity contribution in [1.29, 1.82) is 0 Å². The summed E-state index contributed by atoms with van der Waals surface area (Å²) in [4.78, 5) is 6.42. The summed E-state index contributed by atoms with van der Waals surface area (Å²) in [5.41, 5.74) is 2.06. The molecule has 6 heteroatoms. The number of likely N-dealkylation sites (N-methyl/N-ethyl adjacent to an activating group) is 1. The summed E-state index contributed by atoms with van der Waals surface area (Å²) in [5.74, 6) is 1.04. The van der Waals surface area contributed by atoms with Gasteiger partial charge in [0, 0.05) is 26.7 Å². The molecular weight excluding hydrogens is 242 g/mol. The van der Waals surface area contributed by atoms with E-state index in [0.717, 1.165) is 37.7 Å². The Hall–Kier alpha value is -1.66. The smallest absolute Gasteiger partial charge is 0.157 e. The number of morpholine rings is 1. The number of aromatic nitrogens is 3. The fraction of sp³-hybridized carbons (Fsp3) is 0.538. The summed E-state index contributed by atoms with van der Waals surface area (Å²) >= 11 is 0. The van der Waals surface area contributed by atoms with Crippen molar-refractivity contribution >= 4 is 11.5 Å². The first-order chi connectivity index (χ1) is 9.24. The first-order valence-corrected chi connectivity index (χ1v) is 6.58. The van der Waals surface area contributed by atoms with Gasteiger partial charge in [0.1, 0.15) is 12.1 Å². The molecular formula is C13H19N5O. The van der Waals surface area contributed by atoms with Gasteiger partial charge < -0.3 is 15.0 Å². The highest BCUT2D eigenvalue weighted by atomic mass is 16.5. The zero-order valence-electron chi connectivity index (χ0n) is 11.3. The lowest BCUT2D eigenvalue weighted by Crippen LogP contribution is -2.44. The predicted octanol–water partition coefficient (Wildman–Crippen LogP) is 0.462. The van der Waals surface area contributed by atoms with Gasteiger partial charge in [-0.2, -0.15) is 9.61 Å². The van der Waals surface area contributed by atoms with E-state index in [1.54, 1.807) is 6.33 Å². The molecule has 0 spiro atoms. The molecule has 0 radical (unpaired) electrons. The third-order valence-electron chi connectivity index (χ3n) is 3.38.